The topological polar surface area (TPSA) is 3.24 Å². The second kappa shape index (κ2) is 15.3. The Hall–Kier alpha value is -6.44. The maximum absolute atomic E-state index is 2.56. The molecule has 11 rings (SSSR count). The van der Waals surface area contributed by atoms with Crippen LogP contribution in [-0.2, 0) is 27.1 Å². The van der Waals surface area contributed by atoms with Gasteiger partial charge in [0.15, 0.2) is 0 Å². The molecular formula is C65H63N. The van der Waals surface area contributed by atoms with Crippen molar-refractivity contribution in [3.05, 3.63) is 233 Å². The van der Waals surface area contributed by atoms with Crippen molar-refractivity contribution in [2.45, 2.75) is 108 Å². The average molecular weight is 858 g/mol. The maximum Gasteiger partial charge on any atom is 0.0714 e. The first kappa shape index (κ1) is 42.2. The number of para-hydroxylation sites is 1. The van der Waals surface area contributed by atoms with E-state index in [4.69, 9.17) is 0 Å². The molecular weight excluding hydrogens is 795 g/mol. The van der Waals surface area contributed by atoms with Gasteiger partial charge in [-0.15, -0.1) is 0 Å². The fourth-order valence-corrected chi connectivity index (χ4v) is 12.2. The summed E-state index contributed by atoms with van der Waals surface area (Å²) in [7, 11) is 0. The van der Waals surface area contributed by atoms with Crippen LogP contribution in [0.1, 0.15) is 126 Å². The molecule has 0 N–H and O–H groups in total. The molecule has 0 heterocycles. The maximum atomic E-state index is 2.56. The lowest BCUT2D eigenvalue weighted by Gasteiger charge is -2.42. The first-order valence-corrected chi connectivity index (χ1v) is 24.3. The highest BCUT2D eigenvalue weighted by atomic mass is 15.1. The van der Waals surface area contributed by atoms with Crippen LogP contribution in [0.2, 0.25) is 0 Å². The van der Waals surface area contributed by atoms with Crippen molar-refractivity contribution in [2.75, 3.05) is 4.90 Å². The minimum Gasteiger partial charge on any atom is -0.310 e. The second-order valence-corrected chi connectivity index (χ2v) is 22.2. The van der Waals surface area contributed by atoms with E-state index in [1.54, 1.807) is 0 Å². The first-order valence-electron chi connectivity index (χ1n) is 24.3. The molecule has 0 saturated heterocycles. The number of hydrogen-bond acceptors (Lipinski definition) is 1. The number of nitrogens with zero attached hydrogens (tertiary/aromatic N) is 1. The minimum atomic E-state index is -0.537. The normalized spacial score (nSPS) is 17.8. The minimum absolute atomic E-state index is 0.0544. The van der Waals surface area contributed by atoms with Gasteiger partial charge in [-0.1, -0.05) is 207 Å². The zero-order chi connectivity index (χ0) is 45.6. The third-order valence-corrected chi connectivity index (χ3v) is 16.3. The lowest BCUT2D eigenvalue weighted by atomic mass is 9.63. The average Bonchev–Trinajstić information content (AvgIpc) is 3.63. The Kier molecular flexibility index (Phi) is 9.79. The molecule has 3 aliphatic rings. The van der Waals surface area contributed by atoms with Crippen molar-refractivity contribution in [1.29, 1.82) is 0 Å². The molecule has 1 nitrogen and oxygen atoms in total. The molecule has 8 aromatic rings. The summed E-state index contributed by atoms with van der Waals surface area (Å²) in [6, 6.07) is 71.8. The molecule has 0 amide bonds. The molecule has 0 fully saturated rings. The van der Waals surface area contributed by atoms with Crippen molar-refractivity contribution in [2.24, 2.45) is 0 Å². The Morgan fingerprint density at radius 1 is 0.303 bits per heavy atom. The Balaban J connectivity index is 1.18. The molecule has 0 bridgehead atoms. The molecule has 0 unspecified atom stereocenters. The van der Waals surface area contributed by atoms with Crippen LogP contribution in [0, 0.1) is 0 Å². The van der Waals surface area contributed by atoms with Gasteiger partial charge in [-0.3, -0.25) is 0 Å². The van der Waals surface area contributed by atoms with Crippen molar-refractivity contribution in [3.63, 3.8) is 0 Å². The predicted octanol–water partition coefficient (Wildman–Crippen LogP) is 17.6. The van der Waals surface area contributed by atoms with Crippen LogP contribution >= 0.6 is 0 Å². The van der Waals surface area contributed by atoms with Crippen molar-refractivity contribution in [1.82, 2.24) is 0 Å². The van der Waals surface area contributed by atoms with E-state index in [9.17, 15) is 0 Å². The molecule has 0 aliphatic heterocycles. The summed E-state index contributed by atoms with van der Waals surface area (Å²) >= 11 is 0. The number of anilines is 3. The molecule has 328 valence electrons. The number of rotatable bonds is 7. The monoisotopic (exact) mass is 857 g/mol. The summed E-state index contributed by atoms with van der Waals surface area (Å²) in [5, 5.41) is 0. The summed E-state index contributed by atoms with van der Waals surface area (Å²) < 4.78 is 0. The summed E-state index contributed by atoms with van der Waals surface area (Å²) in [5.74, 6) is 0. The van der Waals surface area contributed by atoms with Gasteiger partial charge in [-0.25, -0.2) is 0 Å². The molecule has 3 aliphatic carbocycles. The van der Waals surface area contributed by atoms with Crippen LogP contribution in [0.3, 0.4) is 0 Å². The summed E-state index contributed by atoms with van der Waals surface area (Å²) in [5.41, 5.74) is 22.0. The summed E-state index contributed by atoms with van der Waals surface area (Å²) in [6.45, 7) is 19.4. The summed E-state index contributed by atoms with van der Waals surface area (Å²) in [4.78, 5) is 2.55. The van der Waals surface area contributed by atoms with Crippen LogP contribution in [0.4, 0.5) is 17.1 Å². The molecule has 0 saturated carbocycles. The third kappa shape index (κ3) is 6.64. The molecule has 0 spiro atoms. The fourth-order valence-electron chi connectivity index (χ4n) is 12.2. The smallest absolute Gasteiger partial charge is 0.0714 e. The molecule has 8 aromatic carbocycles. The largest absolute Gasteiger partial charge is 0.310 e. The highest BCUT2D eigenvalue weighted by molar-refractivity contribution is 5.97. The van der Waals surface area contributed by atoms with Crippen LogP contribution in [-0.4, -0.2) is 0 Å². The van der Waals surface area contributed by atoms with Crippen LogP contribution < -0.4 is 4.90 Å². The Morgan fingerprint density at radius 3 is 1.36 bits per heavy atom. The van der Waals surface area contributed by atoms with Gasteiger partial charge in [-0.05, 0) is 156 Å². The zero-order valence-corrected chi connectivity index (χ0v) is 40.2. The summed E-state index contributed by atoms with van der Waals surface area (Å²) in [6.07, 6.45) is 4.76. The van der Waals surface area contributed by atoms with Crippen molar-refractivity contribution in [3.8, 4) is 33.4 Å². The van der Waals surface area contributed by atoms with E-state index >= 15 is 0 Å². The predicted molar refractivity (Wildman–Crippen MR) is 280 cm³/mol. The molecule has 1 heteroatoms. The first-order chi connectivity index (χ1) is 31.7. The highest BCUT2D eigenvalue weighted by Gasteiger charge is 2.47. The van der Waals surface area contributed by atoms with Gasteiger partial charge >= 0.3 is 0 Å². The van der Waals surface area contributed by atoms with Crippen LogP contribution in [0.5, 0.6) is 0 Å². The van der Waals surface area contributed by atoms with E-state index in [0.29, 0.717) is 0 Å². The molecule has 0 aromatic heterocycles. The molecule has 0 radical (unpaired) electrons. The van der Waals surface area contributed by atoms with Gasteiger partial charge in [0.1, 0.15) is 0 Å². The second-order valence-electron chi connectivity index (χ2n) is 22.2. The van der Waals surface area contributed by atoms with E-state index in [0.717, 1.165) is 12.1 Å². The van der Waals surface area contributed by atoms with E-state index in [-0.39, 0.29) is 21.7 Å². The number of hydrogen-bond donors (Lipinski definition) is 0. The third-order valence-electron chi connectivity index (χ3n) is 16.3. The fraction of sp³-hybridized carbons (Fsp3) is 0.262. The Bertz CT molecular complexity index is 3070. The quantitative estimate of drug-likeness (QED) is 0.154. The van der Waals surface area contributed by atoms with Crippen LogP contribution in [0.15, 0.2) is 188 Å². The lowest BCUT2D eigenvalue weighted by molar-refractivity contribution is 0.332. The van der Waals surface area contributed by atoms with E-state index in [1.807, 2.05) is 0 Å². The van der Waals surface area contributed by atoms with Crippen LogP contribution in [0.25, 0.3) is 33.4 Å². The zero-order valence-electron chi connectivity index (χ0n) is 40.2. The molecule has 0 atom stereocenters. The van der Waals surface area contributed by atoms with E-state index in [2.05, 4.69) is 248 Å². The Morgan fingerprint density at radius 2 is 0.773 bits per heavy atom. The SMILES string of the molecule is CC1(C)CCC(C)(C)c2cc(-c3ccc(-c4cc5c(cc4N(c4ccccc4)c4ccc6c(c4)C(C)(C)CCC6(C)C)C(c4ccccc4)(c4ccccc4)c4ccccc4-5)cc3)ccc21. The van der Waals surface area contributed by atoms with Gasteiger partial charge in [0.2, 0.25) is 0 Å². The van der Waals surface area contributed by atoms with Gasteiger partial charge in [0, 0.05) is 16.9 Å². The van der Waals surface area contributed by atoms with E-state index in [1.165, 1.54) is 109 Å². The van der Waals surface area contributed by atoms with Gasteiger partial charge < -0.3 is 4.90 Å². The molecule has 66 heavy (non-hydrogen) atoms. The van der Waals surface area contributed by atoms with Gasteiger partial charge in [-0.2, -0.15) is 0 Å². The van der Waals surface area contributed by atoms with E-state index < -0.39 is 5.41 Å². The Labute approximate surface area is 394 Å². The lowest BCUT2D eigenvalue weighted by Crippen LogP contribution is -2.34. The van der Waals surface area contributed by atoms with Crippen molar-refractivity contribution < 1.29 is 0 Å². The number of fused-ring (bicyclic) bond motifs is 5. The number of benzene rings is 8. The highest BCUT2D eigenvalue weighted by Crippen LogP contribution is 2.59. The standard InChI is InChI=1S/C65H63N/c1-61(2)36-38-63(5,6)58-40-46(32-34-55(58)61)44-28-30-45(31-29-44)52-42-53-51-26-18-19-27-54(51)65(47-20-12-9-13-21-47,48-22-14-10-15-23-48)57(53)43-60(52)66(49-24-16-11-17-25-49)50-33-35-56-59(41-50)64(7,8)39-37-62(56,3)4/h9-35,40-43H,36-39H2,1-8H3. The van der Waals surface area contributed by atoms with Crippen molar-refractivity contribution >= 4 is 17.1 Å². The van der Waals surface area contributed by atoms with Gasteiger partial charge in [0.05, 0.1) is 11.1 Å². The van der Waals surface area contributed by atoms with Gasteiger partial charge in [0.25, 0.3) is 0 Å².